The molecule has 0 bridgehead atoms. The third-order valence-electron chi connectivity index (χ3n) is 3.79. The summed E-state index contributed by atoms with van der Waals surface area (Å²) in [6.45, 7) is 9.99. The minimum absolute atomic E-state index is 0.0700. The number of amidine groups is 1. The molecule has 27 heavy (non-hydrogen) atoms. The summed E-state index contributed by atoms with van der Waals surface area (Å²) < 4.78 is 11.4. The van der Waals surface area contributed by atoms with Crippen molar-refractivity contribution in [3.05, 3.63) is 53.6 Å². The average molecular weight is 376 g/mol. The van der Waals surface area contributed by atoms with Crippen molar-refractivity contribution >= 4 is 5.84 Å². The molecule has 5 N–H and O–H groups in total. The van der Waals surface area contributed by atoms with Crippen LogP contribution in [0.4, 0.5) is 0 Å². The Bertz CT molecular complexity index is 565. The molecule has 1 unspecified atom stereocenters. The summed E-state index contributed by atoms with van der Waals surface area (Å²) in [5.74, 6) is 0.875. The highest BCUT2D eigenvalue weighted by Gasteiger charge is 1.99. The maximum Gasteiger partial charge on any atom is 0.122 e. The van der Waals surface area contributed by atoms with Gasteiger partial charge in [0.1, 0.15) is 11.6 Å². The smallest absolute Gasteiger partial charge is 0.122 e. The van der Waals surface area contributed by atoms with Crippen LogP contribution in [-0.2, 0) is 4.74 Å². The van der Waals surface area contributed by atoms with Crippen molar-refractivity contribution < 1.29 is 9.47 Å². The van der Waals surface area contributed by atoms with Gasteiger partial charge in [-0.3, -0.25) is 5.41 Å². The summed E-state index contributed by atoms with van der Waals surface area (Å²) >= 11 is 0. The number of ether oxygens (including phenoxy) is 2. The summed E-state index contributed by atoms with van der Waals surface area (Å²) in [7, 11) is 0. The molecule has 0 spiro atoms. The van der Waals surface area contributed by atoms with Gasteiger partial charge >= 0.3 is 0 Å². The van der Waals surface area contributed by atoms with Gasteiger partial charge in [0.2, 0.25) is 0 Å². The Morgan fingerprint density at radius 3 is 2.30 bits per heavy atom. The van der Waals surface area contributed by atoms with Crippen LogP contribution in [0.2, 0.25) is 0 Å². The molecule has 152 valence electrons. The van der Waals surface area contributed by atoms with Crippen molar-refractivity contribution in [3.63, 3.8) is 0 Å². The molecule has 1 aromatic carbocycles. The predicted molar refractivity (Wildman–Crippen MR) is 116 cm³/mol. The number of benzene rings is 1. The van der Waals surface area contributed by atoms with Crippen molar-refractivity contribution in [2.45, 2.75) is 53.1 Å². The lowest BCUT2D eigenvalue weighted by Gasteiger charge is -2.10. The molecule has 1 rings (SSSR count). The Kier molecular flexibility index (Phi) is 14.8. The van der Waals surface area contributed by atoms with Gasteiger partial charge in [0.15, 0.2) is 0 Å². The predicted octanol–water partition coefficient (Wildman–Crippen LogP) is 4.41. The van der Waals surface area contributed by atoms with Crippen molar-refractivity contribution in [1.82, 2.24) is 0 Å². The molecule has 0 radical (unpaired) electrons. The molecule has 0 aliphatic heterocycles. The first-order valence-electron chi connectivity index (χ1n) is 9.79. The van der Waals surface area contributed by atoms with E-state index in [1.807, 2.05) is 58.1 Å². The van der Waals surface area contributed by atoms with E-state index in [9.17, 15) is 0 Å². The first-order chi connectivity index (χ1) is 13.1. The van der Waals surface area contributed by atoms with Gasteiger partial charge in [-0.1, -0.05) is 32.1 Å². The fraction of sp³-hybridized carbons (Fsp3) is 0.500. The molecular weight excluding hydrogens is 338 g/mol. The number of nitrogen functional groups attached to an aromatic ring is 1. The highest BCUT2D eigenvalue weighted by molar-refractivity contribution is 5.94. The summed E-state index contributed by atoms with van der Waals surface area (Å²) in [6.07, 6.45) is 9.22. The van der Waals surface area contributed by atoms with E-state index in [-0.39, 0.29) is 11.9 Å². The number of unbranched alkanes of at least 4 members (excludes halogenated alkanes) is 2. The zero-order valence-corrected chi connectivity index (χ0v) is 17.3. The lowest BCUT2D eigenvalue weighted by Crippen LogP contribution is -2.10. The van der Waals surface area contributed by atoms with Crippen LogP contribution in [0, 0.1) is 5.41 Å². The normalized spacial score (nSPS) is 12.4. The molecule has 1 aromatic rings. The van der Waals surface area contributed by atoms with Gasteiger partial charge in [-0.2, -0.15) is 0 Å². The Balaban J connectivity index is 0.00000326. The van der Waals surface area contributed by atoms with Crippen LogP contribution in [0.15, 0.2) is 48.1 Å². The van der Waals surface area contributed by atoms with E-state index in [1.165, 1.54) is 0 Å². The van der Waals surface area contributed by atoms with E-state index in [2.05, 4.69) is 0 Å². The summed E-state index contributed by atoms with van der Waals surface area (Å²) in [4.78, 5) is 0. The van der Waals surface area contributed by atoms with Crippen molar-refractivity contribution in [3.8, 4) is 5.75 Å². The molecule has 0 saturated carbocycles. The van der Waals surface area contributed by atoms with E-state index in [4.69, 9.17) is 26.4 Å². The van der Waals surface area contributed by atoms with Crippen molar-refractivity contribution in [1.29, 1.82) is 5.41 Å². The minimum atomic E-state index is 0.0700. The van der Waals surface area contributed by atoms with Crippen LogP contribution in [0.5, 0.6) is 5.75 Å². The molecule has 0 aliphatic rings. The van der Waals surface area contributed by atoms with Crippen LogP contribution >= 0.6 is 0 Å². The van der Waals surface area contributed by atoms with Gasteiger partial charge in [-0.25, -0.2) is 0 Å². The Labute approximate surface area is 164 Å². The van der Waals surface area contributed by atoms with Gasteiger partial charge < -0.3 is 20.9 Å². The maximum absolute atomic E-state index is 7.35. The Morgan fingerprint density at radius 2 is 1.74 bits per heavy atom. The third kappa shape index (κ3) is 12.0. The minimum Gasteiger partial charge on any atom is -0.494 e. The average Bonchev–Trinajstić information content (AvgIpc) is 2.70. The first kappa shape index (κ1) is 24.9. The SMILES string of the molecule is C/C=C(\C=C/C(C)OCCCCCOc1ccc(C(=N)N)cc1)CN.CC. The molecule has 0 heterocycles. The number of hydrogen-bond acceptors (Lipinski definition) is 4. The molecule has 0 amide bonds. The zero-order valence-electron chi connectivity index (χ0n) is 17.3. The topological polar surface area (TPSA) is 94.3 Å². The lowest BCUT2D eigenvalue weighted by atomic mass is 10.2. The molecule has 0 saturated heterocycles. The van der Waals surface area contributed by atoms with Gasteiger partial charge in [-0.05, 0) is 62.9 Å². The van der Waals surface area contributed by atoms with E-state index in [0.717, 1.165) is 37.2 Å². The fourth-order valence-corrected chi connectivity index (χ4v) is 2.17. The second-order valence-electron chi connectivity index (χ2n) is 5.85. The third-order valence-corrected chi connectivity index (χ3v) is 3.79. The molecular formula is C22H37N3O2. The van der Waals surface area contributed by atoms with E-state index >= 15 is 0 Å². The molecule has 0 aliphatic carbocycles. The van der Waals surface area contributed by atoms with Crippen LogP contribution in [0.1, 0.15) is 52.5 Å². The van der Waals surface area contributed by atoms with E-state index in [0.29, 0.717) is 18.7 Å². The quantitative estimate of drug-likeness (QED) is 0.218. The van der Waals surface area contributed by atoms with Crippen LogP contribution < -0.4 is 16.2 Å². The largest absolute Gasteiger partial charge is 0.494 e. The molecule has 5 nitrogen and oxygen atoms in total. The fourth-order valence-electron chi connectivity index (χ4n) is 2.17. The Hall–Kier alpha value is -2.11. The monoisotopic (exact) mass is 375 g/mol. The first-order valence-corrected chi connectivity index (χ1v) is 9.79. The van der Waals surface area contributed by atoms with Crippen LogP contribution in [0.3, 0.4) is 0 Å². The highest BCUT2D eigenvalue weighted by atomic mass is 16.5. The van der Waals surface area contributed by atoms with Gasteiger partial charge in [0.05, 0.1) is 12.7 Å². The second kappa shape index (κ2) is 16.1. The molecule has 0 fully saturated rings. The van der Waals surface area contributed by atoms with Gasteiger partial charge in [0.25, 0.3) is 0 Å². The van der Waals surface area contributed by atoms with Gasteiger partial charge in [0, 0.05) is 18.7 Å². The number of allylic oxidation sites excluding steroid dienone is 1. The molecule has 0 aromatic heterocycles. The number of nitrogens with two attached hydrogens (primary N) is 2. The van der Waals surface area contributed by atoms with Gasteiger partial charge in [-0.15, -0.1) is 0 Å². The highest BCUT2D eigenvalue weighted by Crippen LogP contribution is 2.12. The number of nitrogens with one attached hydrogen (secondary N) is 1. The summed E-state index contributed by atoms with van der Waals surface area (Å²) in [5, 5.41) is 7.35. The number of rotatable bonds is 12. The van der Waals surface area contributed by atoms with Crippen LogP contribution in [-0.4, -0.2) is 31.7 Å². The van der Waals surface area contributed by atoms with E-state index < -0.39 is 0 Å². The van der Waals surface area contributed by atoms with Crippen molar-refractivity contribution in [2.24, 2.45) is 11.5 Å². The van der Waals surface area contributed by atoms with Crippen molar-refractivity contribution in [2.75, 3.05) is 19.8 Å². The van der Waals surface area contributed by atoms with E-state index in [1.54, 1.807) is 12.1 Å². The van der Waals surface area contributed by atoms with Crippen LogP contribution in [0.25, 0.3) is 0 Å². The molecule has 5 heteroatoms. The zero-order chi connectivity index (χ0) is 20.5. The summed E-state index contributed by atoms with van der Waals surface area (Å²) in [6, 6.07) is 7.27. The number of hydrogen-bond donors (Lipinski definition) is 3. The summed E-state index contributed by atoms with van der Waals surface area (Å²) in [5.41, 5.74) is 12.9. The molecule has 1 atom stereocenters. The Morgan fingerprint density at radius 1 is 1.11 bits per heavy atom. The maximum atomic E-state index is 7.35. The standard InChI is InChI=1S/C20H31N3O2.C2H6/c1-3-17(15-21)8-7-16(2)24-13-5-4-6-14-25-19-11-9-18(10-12-19)20(22)23;1-2/h3,7-12,16H,4-6,13-15,21H2,1-2H3,(H3,22,23);1-2H3/b8-7-,17-3+;. The second-order valence-corrected chi connectivity index (χ2v) is 5.85. The lowest BCUT2D eigenvalue weighted by molar-refractivity contribution is 0.0932.